The van der Waals surface area contributed by atoms with Gasteiger partial charge in [-0.15, -0.1) is 0 Å². The van der Waals surface area contributed by atoms with Crippen LogP contribution in [0.15, 0.2) is 30.5 Å². The number of hydrogen-bond acceptors (Lipinski definition) is 4. The van der Waals surface area contributed by atoms with Crippen molar-refractivity contribution in [3.8, 4) is 6.57 Å². The Morgan fingerprint density at radius 1 is 1.36 bits per heavy atom. The first-order valence-electron chi connectivity index (χ1n) is 9.41. The van der Waals surface area contributed by atoms with E-state index in [1.54, 1.807) is 12.3 Å². The van der Waals surface area contributed by atoms with Crippen LogP contribution in [0.2, 0.25) is 0 Å². The molecule has 0 unspecified atom stereocenters. The predicted molar refractivity (Wildman–Crippen MR) is 103 cm³/mol. The second kappa shape index (κ2) is 7.68. The Balaban J connectivity index is 1.38. The van der Waals surface area contributed by atoms with Gasteiger partial charge >= 0.3 is 6.17 Å². The summed E-state index contributed by atoms with van der Waals surface area (Å²) in [5.41, 5.74) is 1.16. The average Bonchev–Trinajstić information content (AvgIpc) is 3.28. The number of alkyl halides is 1. The first-order valence-corrected chi connectivity index (χ1v) is 9.41. The monoisotopic (exact) mass is 386 g/mol. The molecule has 1 N–H and O–H groups in total. The second-order valence-corrected chi connectivity index (χ2v) is 7.37. The number of anilines is 1. The third-order valence-corrected chi connectivity index (χ3v) is 5.43. The van der Waals surface area contributed by atoms with E-state index in [1.165, 1.54) is 11.0 Å². The number of carbonyl (C=O) groups is 1. The Kier molecular flexibility index (Phi) is 5.09. The molecule has 4 rings (SSSR count). The van der Waals surface area contributed by atoms with Crippen LogP contribution in [0.5, 0.6) is 0 Å². The quantitative estimate of drug-likeness (QED) is 0.878. The number of likely N-dealkylation sites (tertiary alicyclic amines) is 2. The molecule has 0 aliphatic carbocycles. The minimum Gasteiger partial charge on any atom is -0.380 e. The summed E-state index contributed by atoms with van der Waals surface area (Å²) in [6, 6.07) is 6.85. The van der Waals surface area contributed by atoms with Crippen LogP contribution < -0.4 is 5.32 Å². The molecule has 2 fully saturated rings. The van der Waals surface area contributed by atoms with Crippen LogP contribution >= 0.6 is 0 Å². The number of carbonyl (C=O) groups excluding carboxylic acids is 1. The van der Waals surface area contributed by atoms with Gasteiger partial charge in [0.25, 0.3) is 6.57 Å². The molecule has 2 aliphatic rings. The lowest BCUT2D eigenvalue weighted by Crippen LogP contribution is -2.42. The van der Waals surface area contributed by atoms with Crippen molar-refractivity contribution in [1.82, 2.24) is 14.8 Å². The number of benzene rings is 1. The van der Waals surface area contributed by atoms with Crippen molar-refractivity contribution in [3.63, 3.8) is 0 Å². The lowest BCUT2D eigenvalue weighted by atomic mass is 10.1. The van der Waals surface area contributed by atoms with E-state index in [-0.39, 0.29) is 37.3 Å². The van der Waals surface area contributed by atoms with Gasteiger partial charge in [-0.3, -0.25) is 19.6 Å². The summed E-state index contributed by atoms with van der Waals surface area (Å²) in [4.78, 5) is 23.7. The van der Waals surface area contributed by atoms with Crippen molar-refractivity contribution in [2.24, 2.45) is 0 Å². The second-order valence-electron chi connectivity index (χ2n) is 7.37. The Bertz CT molecular complexity index is 930. The molecule has 8 heteroatoms. The fraction of sp³-hybridized carbons (Fsp3) is 0.450. The maximum absolute atomic E-state index is 13.9. The molecular formula is C20H22F2N5O+. The molecule has 2 saturated heterocycles. The first kappa shape index (κ1) is 18.6. The fourth-order valence-corrected chi connectivity index (χ4v) is 4.04. The molecule has 3 heterocycles. The Hall–Kier alpha value is -2.79. The number of nitrogens with one attached hydrogen (secondary N) is 1. The van der Waals surface area contributed by atoms with Crippen molar-refractivity contribution in [3.05, 3.63) is 41.1 Å². The topological polar surface area (TPSA) is 52.8 Å². The molecule has 1 amide bonds. The fourth-order valence-electron chi connectivity index (χ4n) is 4.04. The lowest BCUT2D eigenvalue weighted by molar-refractivity contribution is -0.132. The number of fused-ring (bicyclic) bond motifs is 1. The van der Waals surface area contributed by atoms with Gasteiger partial charge in [-0.25, -0.2) is 8.78 Å². The highest BCUT2D eigenvalue weighted by Gasteiger charge is 2.42. The number of nitrogens with zero attached hydrogens (tertiary/aromatic N) is 4. The summed E-state index contributed by atoms with van der Waals surface area (Å²) in [5, 5.41) is 4.17. The van der Waals surface area contributed by atoms with Crippen LogP contribution in [-0.2, 0) is 4.79 Å². The van der Waals surface area contributed by atoms with E-state index >= 15 is 0 Å². The Morgan fingerprint density at radius 3 is 3.04 bits per heavy atom. The zero-order chi connectivity index (χ0) is 19.7. The third-order valence-electron chi connectivity index (χ3n) is 5.43. The largest absolute Gasteiger partial charge is 0.380 e. The summed E-state index contributed by atoms with van der Waals surface area (Å²) in [7, 11) is 0. The molecule has 0 saturated carbocycles. The molecule has 28 heavy (non-hydrogen) atoms. The average molecular weight is 386 g/mol. The molecule has 6 nitrogen and oxygen atoms in total. The highest BCUT2D eigenvalue weighted by atomic mass is 19.1. The highest BCUT2D eigenvalue weighted by molar-refractivity contribution is 5.91. The molecule has 0 spiro atoms. The SMILES string of the molecule is C#[N+][C@@H]1C[C@H](F)CN1C(=O)CN1CC[C@@H](Nc2ccnc3c(F)cccc23)C1. The van der Waals surface area contributed by atoms with Crippen molar-refractivity contribution in [2.45, 2.75) is 31.2 Å². The van der Waals surface area contributed by atoms with Crippen LogP contribution in [0.4, 0.5) is 14.5 Å². The van der Waals surface area contributed by atoms with Crippen molar-refractivity contribution in [1.29, 1.82) is 0 Å². The normalized spacial score (nSPS) is 25.2. The maximum atomic E-state index is 13.9. The van der Waals surface area contributed by atoms with Gasteiger partial charge in [0.2, 0.25) is 5.91 Å². The molecule has 0 bridgehead atoms. The molecule has 3 atom stereocenters. The van der Waals surface area contributed by atoms with Crippen LogP contribution in [0.1, 0.15) is 12.8 Å². The van der Waals surface area contributed by atoms with Crippen molar-refractivity contribution < 1.29 is 13.6 Å². The summed E-state index contributed by atoms with van der Waals surface area (Å²) in [5.74, 6) is -0.507. The highest BCUT2D eigenvalue weighted by Crippen LogP contribution is 2.26. The molecule has 2 aromatic rings. The van der Waals surface area contributed by atoms with E-state index in [9.17, 15) is 13.6 Å². The van der Waals surface area contributed by atoms with Crippen molar-refractivity contribution in [2.75, 3.05) is 31.5 Å². The van der Waals surface area contributed by atoms with E-state index in [1.807, 2.05) is 17.0 Å². The summed E-state index contributed by atoms with van der Waals surface area (Å²) < 4.78 is 27.5. The van der Waals surface area contributed by atoms with E-state index in [0.717, 1.165) is 24.0 Å². The van der Waals surface area contributed by atoms with Gasteiger partial charge in [0.1, 0.15) is 17.5 Å². The van der Waals surface area contributed by atoms with Gasteiger partial charge in [0, 0.05) is 36.4 Å². The molecule has 146 valence electrons. The van der Waals surface area contributed by atoms with E-state index in [0.29, 0.717) is 12.1 Å². The summed E-state index contributed by atoms with van der Waals surface area (Å²) in [6.45, 7) is 6.98. The summed E-state index contributed by atoms with van der Waals surface area (Å²) in [6.07, 6.45) is 0.953. The first-order chi connectivity index (χ1) is 13.5. The molecule has 0 radical (unpaired) electrons. The van der Waals surface area contributed by atoms with Crippen molar-refractivity contribution >= 4 is 22.5 Å². The minimum absolute atomic E-state index is 0.0499. The number of aromatic nitrogens is 1. The number of amides is 1. The van der Waals surface area contributed by atoms with Crippen LogP contribution in [-0.4, -0.2) is 65.2 Å². The third kappa shape index (κ3) is 3.62. The number of halogens is 2. The van der Waals surface area contributed by atoms with Crippen LogP contribution in [0, 0.1) is 12.4 Å². The predicted octanol–water partition coefficient (Wildman–Crippen LogP) is 2.72. The van der Waals surface area contributed by atoms with Gasteiger partial charge in [0.15, 0.2) is 0 Å². The van der Waals surface area contributed by atoms with Gasteiger partial charge in [-0.05, 0) is 18.6 Å². The van der Waals surface area contributed by atoms with Gasteiger partial charge < -0.3 is 5.32 Å². The van der Waals surface area contributed by atoms with E-state index < -0.39 is 12.3 Å². The zero-order valence-electron chi connectivity index (χ0n) is 15.4. The molecule has 1 aromatic heterocycles. The maximum Gasteiger partial charge on any atom is 0.352 e. The van der Waals surface area contributed by atoms with Crippen LogP contribution in [0.3, 0.4) is 0 Å². The number of para-hydroxylation sites is 1. The Labute approximate surface area is 162 Å². The minimum atomic E-state index is -1.07. The summed E-state index contributed by atoms with van der Waals surface area (Å²) >= 11 is 0. The smallest absolute Gasteiger partial charge is 0.352 e. The van der Waals surface area contributed by atoms with Gasteiger partial charge in [-0.1, -0.05) is 17.0 Å². The van der Waals surface area contributed by atoms with Gasteiger partial charge in [-0.2, -0.15) is 0 Å². The Morgan fingerprint density at radius 2 is 2.21 bits per heavy atom. The lowest BCUT2D eigenvalue weighted by Gasteiger charge is -2.20. The molecular weight excluding hydrogens is 364 g/mol. The van der Waals surface area contributed by atoms with E-state index in [2.05, 4.69) is 15.1 Å². The molecule has 2 aliphatic heterocycles. The van der Waals surface area contributed by atoms with Crippen LogP contribution in [0.25, 0.3) is 15.7 Å². The van der Waals surface area contributed by atoms with E-state index in [4.69, 9.17) is 6.57 Å². The van der Waals surface area contributed by atoms with Gasteiger partial charge in [0.05, 0.1) is 19.5 Å². The number of rotatable bonds is 4. The number of pyridine rings is 1. The number of hydrogen-bond donors (Lipinski definition) is 1. The molecule has 1 aromatic carbocycles. The zero-order valence-corrected chi connectivity index (χ0v) is 15.4. The standard InChI is InChI=1S/C20H22F2N5O/c1-23-18-9-13(21)10-27(18)19(28)12-26-8-6-14(11-26)25-17-5-7-24-20-15(17)3-2-4-16(20)22/h1-5,7,13-14,18H,6,8-12H2,(H,24,25)/q+1/t13-,14+,18-/m0/s1.